The van der Waals surface area contributed by atoms with Crippen LogP contribution >= 0.6 is 45.5 Å². The lowest BCUT2D eigenvalue weighted by Crippen LogP contribution is -2.39. The number of carbonyl (C=O) groups excluding carboxylic acids is 1. The third-order valence-electron chi connectivity index (χ3n) is 6.73. The fourth-order valence-electron chi connectivity index (χ4n) is 4.75. The zero-order valence-electron chi connectivity index (χ0n) is 23.4. The van der Waals surface area contributed by atoms with E-state index in [1.54, 1.807) is 25.5 Å². The van der Waals surface area contributed by atoms with Crippen LogP contribution in [-0.2, 0) is 16.1 Å². The fraction of sp³-hybridized carbons (Fsp3) is 0.219. The molecule has 0 saturated carbocycles. The molecule has 0 N–H and O–H groups in total. The van der Waals surface area contributed by atoms with Gasteiger partial charge >= 0.3 is 5.97 Å². The molecule has 3 aromatic carbocycles. The molecule has 0 aliphatic carbocycles. The monoisotopic (exact) mass is 714 g/mol. The van der Waals surface area contributed by atoms with E-state index in [2.05, 4.69) is 27.6 Å². The Labute approximate surface area is 265 Å². The number of thiazole rings is 1. The topological polar surface area (TPSA) is 79.1 Å². The van der Waals surface area contributed by atoms with Gasteiger partial charge in [-0.15, -0.1) is 0 Å². The molecule has 5 rings (SSSR count). The summed E-state index contributed by atoms with van der Waals surface area (Å²) in [5.41, 5.74) is 4.24. The van der Waals surface area contributed by atoms with E-state index in [9.17, 15) is 9.59 Å². The van der Waals surface area contributed by atoms with Crippen molar-refractivity contribution in [1.82, 2.24) is 4.57 Å². The van der Waals surface area contributed by atoms with Gasteiger partial charge in [0.25, 0.3) is 5.56 Å². The first-order chi connectivity index (χ1) is 20.2. The van der Waals surface area contributed by atoms with Gasteiger partial charge in [0, 0.05) is 5.02 Å². The maximum Gasteiger partial charge on any atom is 0.338 e. The zero-order valence-corrected chi connectivity index (χ0v) is 27.2. The summed E-state index contributed by atoms with van der Waals surface area (Å²) in [6.45, 7) is 6.07. The molecular weight excluding hydrogens is 687 g/mol. The number of methoxy groups -OCH3 is 1. The molecule has 42 heavy (non-hydrogen) atoms. The van der Waals surface area contributed by atoms with E-state index in [4.69, 9.17) is 25.8 Å². The summed E-state index contributed by atoms with van der Waals surface area (Å²) in [4.78, 5) is 32.2. The van der Waals surface area contributed by atoms with Crippen LogP contribution in [0.1, 0.15) is 42.1 Å². The van der Waals surface area contributed by atoms with E-state index in [0.29, 0.717) is 43.7 Å². The first-order valence-electron chi connectivity index (χ1n) is 13.2. The highest BCUT2D eigenvalue weighted by Crippen LogP contribution is 2.35. The van der Waals surface area contributed by atoms with Gasteiger partial charge in [-0.3, -0.25) is 9.36 Å². The number of benzene rings is 3. The average molecular weight is 715 g/mol. The lowest BCUT2D eigenvalue weighted by molar-refractivity contribution is -0.139. The molecule has 10 heteroatoms. The van der Waals surface area contributed by atoms with Crippen LogP contribution in [0.2, 0.25) is 5.02 Å². The summed E-state index contributed by atoms with van der Waals surface area (Å²) in [6.07, 6.45) is 1.81. The Morgan fingerprint density at radius 1 is 1.14 bits per heavy atom. The SMILES string of the molecule is CCOC(=O)C1=C(C)N=c2s/c(=C\c3cc(I)c(OCc4cccc(Cl)c4)c(OC)c3)c(=O)n2[C@@H]1c1ccc(C)cc1. The molecule has 1 atom stereocenters. The predicted molar refractivity (Wildman–Crippen MR) is 173 cm³/mol. The smallest absolute Gasteiger partial charge is 0.338 e. The second kappa shape index (κ2) is 12.8. The van der Waals surface area contributed by atoms with Gasteiger partial charge in [-0.25, -0.2) is 9.79 Å². The van der Waals surface area contributed by atoms with Crippen molar-refractivity contribution < 1.29 is 19.0 Å². The third kappa shape index (κ3) is 6.18. The van der Waals surface area contributed by atoms with Crippen molar-refractivity contribution in [3.05, 3.63) is 122 Å². The quantitative estimate of drug-likeness (QED) is 0.167. The molecule has 1 aromatic heterocycles. The molecular formula is C32H28ClIN2O5S. The van der Waals surface area contributed by atoms with Gasteiger partial charge < -0.3 is 14.2 Å². The number of esters is 1. The standard InChI is InChI=1S/C32H28ClIN2O5S/c1-5-40-31(38)27-19(3)35-32-36(28(27)22-11-9-18(2)10-12-22)30(37)26(42-32)16-21-14-24(34)29(25(15-21)39-4)41-17-20-7-6-8-23(33)13-20/h6-16,28H,5,17H2,1-4H3/b26-16-/t28-/m1/s1. The van der Waals surface area contributed by atoms with Crippen molar-refractivity contribution >= 4 is 57.6 Å². The molecule has 0 amide bonds. The Balaban J connectivity index is 1.57. The molecule has 0 spiro atoms. The van der Waals surface area contributed by atoms with Crippen molar-refractivity contribution in [3.8, 4) is 11.5 Å². The Morgan fingerprint density at radius 3 is 2.60 bits per heavy atom. The number of hydrogen-bond acceptors (Lipinski definition) is 7. The minimum atomic E-state index is -0.653. The van der Waals surface area contributed by atoms with Crippen molar-refractivity contribution in [2.75, 3.05) is 13.7 Å². The number of hydrogen-bond donors (Lipinski definition) is 0. The van der Waals surface area contributed by atoms with Crippen molar-refractivity contribution in [1.29, 1.82) is 0 Å². The molecule has 0 bridgehead atoms. The number of aromatic nitrogens is 1. The van der Waals surface area contributed by atoms with Crippen LogP contribution in [0.25, 0.3) is 6.08 Å². The van der Waals surface area contributed by atoms with Gasteiger partial charge in [0.1, 0.15) is 6.61 Å². The van der Waals surface area contributed by atoms with Crippen LogP contribution in [0.15, 0.2) is 81.7 Å². The maximum atomic E-state index is 13.9. The zero-order chi connectivity index (χ0) is 30.0. The normalized spacial score (nSPS) is 14.8. The number of halogens is 2. The van der Waals surface area contributed by atoms with Crippen LogP contribution in [0.3, 0.4) is 0 Å². The summed E-state index contributed by atoms with van der Waals surface area (Å²) < 4.78 is 20.0. The molecule has 2 heterocycles. The summed E-state index contributed by atoms with van der Waals surface area (Å²) in [6, 6.07) is 18.4. The second-order valence-corrected chi connectivity index (χ2v) is 12.3. The van der Waals surface area contributed by atoms with E-state index in [1.165, 1.54) is 11.3 Å². The van der Waals surface area contributed by atoms with Gasteiger partial charge in [-0.2, -0.15) is 0 Å². The number of aryl methyl sites for hydroxylation is 1. The fourth-order valence-corrected chi connectivity index (χ4v) is 6.79. The number of carbonyl (C=O) groups is 1. The van der Waals surface area contributed by atoms with Crippen molar-refractivity contribution in [2.24, 2.45) is 4.99 Å². The molecule has 0 unspecified atom stereocenters. The minimum Gasteiger partial charge on any atom is -0.493 e. The van der Waals surface area contributed by atoms with Gasteiger partial charge in [-0.1, -0.05) is 64.9 Å². The molecule has 216 valence electrons. The van der Waals surface area contributed by atoms with Crippen molar-refractivity contribution in [2.45, 2.75) is 33.4 Å². The van der Waals surface area contributed by atoms with Crippen LogP contribution in [0, 0.1) is 10.5 Å². The largest absolute Gasteiger partial charge is 0.493 e. The molecule has 1 aliphatic rings. The molecule has 0 saturated heterocycles. The first-order valence-corrected chi connectivity index (χ1v) is 15.5. The number of rotatable bonds is 8. The lowest BCUT2D eigenvalue weighted by atomic mass is 9.95. The molecule has 0 radical (unpaired) electrons. The van der Waals surface area contributed by atoms with Gasteiger partial charge in [0.05, 0.1) is 39.1 Å². The Kier molecular flexibility index (Phi) is 9.19. The second-order valence-electron chi connectivity index (χ2n) is 9.67. The lowest BCUT2D eigenvalue weighted by Gasteiger charge is -2.24. The van der Waals surface area contributed by atoms with E-state index >= 15 is 0 Å². The van der Waals surface area contributed by atoms with Gasteiger partial charge in [-0.05, 0) is 90.4 Å². The van der Waals surface area contributed by atoms with Gasteiger partial charge in [0.2, 0.25) is 0 Å². The predicted octanol–water partition coefficient (Wildman–Crippen LogP) is 5.95. The average Bonchev–Trinajstić information content (AvgIpc) is 3.26. The van der Waals surface area contributed by atoms with E-state index < -0.39 is 12.0 Å². The summed E-state index contributed by atoms with van der Waals surface area (Å²) in [7, 11) is 1.58. The highest BCUT2D eigenvalue weighted by atomic mass is 127. The Morgan fingerprint density at radius 2 is 1.90 bits per heavy atom. The molecule has 7 nitrogen and oxygen atoms in total. The highest BCUT2D eigenvalue weighted by molar-refractivity contribution is 14.1. The first kappa shape index (κ1) is 30.1. The maximum absolute atomic E-state index is 13.9. The van der Waals surface area contributed by atoms with E-state index in [1.807, 2.05) is 73.7 Å². The summed E-state index contributed by atoms with van der Waals surface area (Å²) >= 11 is 9.59. The van der Waals surface area contributed by atoms with Crippen LogP contribution in [0.4, 0.5) is 0 Å². The number of ether oxygens (including phenoxy) is 3. The Hall–Kier alpha value is -3.41. The third-order valence-corrected chi connectivity index (χ3v) is 8.75. The minimum absolute atomic E-state index is 0.222. The van der Waals surface area contributed by atoms with E-state index in [0.717, 1.165) is 25.8 Å². The van der Waals surface area contributed by atoms with Crippen LogP contribution in [0.5, 0.6) is 11.5 Å². The summed E-state index contributed by atoms with van der Waals surface area (Å²) in [5, 5.41) is 0.642. The Bertz CT molecular complexity index is 1880. The highest BCUT2D eigenvalue weighted by Gasteiger charge is 2.33. The molecule has 0 fully saturated rings. The van der Waals surface area contributed by atoms with Crippen LogP contribution < -0.4 is 24.4 Å². The van der Waals surface area contributed by atoms with Crippen molar-refractivity contribution in [3.63, 3.8) is 0 Å². The molecule has 1 aliphatic heterocycles. The van der Waals surface area contributed by atoms with Gasteiger partial charge in [0.15, 0.2) is 16.3 Å². The summed E-state index contributed by atoms with van der Waals surface area (Å²) in [5.74, 6) is 0.665. The van der Waals surface area contributed by atoms with Crippen LogP contribution in [-0.4, -0.2) is 24.3 Å². The van der Waals surface area contributed by atoms with E-state index in [-0.39, 0.29) is 12.2 Å². The molecule has 4 aromatic rings. The number of nitrogens with zero attached hydrogens (tertiary/aromatic N) is 2. The number of allylic oxidation sites excluding steroid dienone is 1. The number of fused-ring (bicyclic) bond motifs is 1.